The van der Waals surface area contributed by atoms with Crippen molar-refractivity contribution in [2.75, 3.05) is 0 Å². The SMILES string of the molecule is CCn1c(-c2ccc(C#N)cc2)nnc1C(C)(C)Oc1c(F)cc(Cl)cc1F. The Hall–Kier alpha value is -2.98. The minimum absolute atomic E-state index is 0.0556. The lowest BCUT2D eigenvalue weighted by molar-refractivity contribution is 0.0827. The second-order valence-electron chi connectivity index (χ2n) is 6.59. The molecule has 0 N–H and O–H groups in total. The van der Waals surface area contributed by atoms with Gasteiger partial charge in [-0.25, -0.2) is 8.78 Å². The highest BCUT2D eigenvalue weighted by atomic mass is 35.5. The molecular formula is C20H17ClF2N4O. The molecule has 3 aromatic rings. The van der Waals surface area contributed by atoms with Crippen molar-refractivity contribution in [1.82, 2.24) is 14.8 Å². The van der Waals surface area contributed by atoms with Crippen molar-refractivity contribution in [3.8, 4) is 23.2 Å². The van der Waals surface area contributed by atoms with Gasteiger partial charge in [0.05, 0.1) is 11.6 Å². The van der Waals surface area contributed by atoms with Crippen LogP contribution < -0.4 is 4.74 Å². The van der Waals surface area contributed by atoms with Gasteiger partial charge < -0.3 is 9.30 Å². The fourth-order valence-electron chi connectivity index (χ4n) is 2.88. The molecule has 144 valence electrons. The maximum Gasteiger partial charge on any atom is 0.192 e. The molecule has 0 saturated heterocycles. The lowest BCUT2D eigenvalue weighted by Crippen LogP contribution is -2.30. The van der Waals surface area contributed by atoms with E-state index in [0.29, 0.717) is 23.8 Å². The average Bonchev–Trinajstić information content (AvgIpc) is 3.10. The minimum atomic E-state index is -1.18. The number of rotatable bonds is 5. The van der Waals surface area contributed by atoms with Crippen molar-refractivity contribution < 1.29 is 13.5 Å². The highest BCUT2D eigenvalue weighted by Gasteiger charge is 2.33. The number of hydrogen-bond acceptors (Lipinski definition) is 4. The van der Waals surface area contributed by atoms with Gasteiger partial charge in [-0.2, -0.15) is 5.26 Å². The normalized spacial score (nSPS) is 11.3. The summed E-state index contributed by atoms with van der Waals surface area (Å²) in [5.41, 5.74) is 0.117. The molecule has 0 aliphatic heterocycles. The largest absolute Gasteiger partial charge is 0.474 e. The van der Waals surface area contributed by atoms with Gasteiger partial charge in [-0.05, 0) is 57.2 Å². The summed E-state index contributed by atoms with van der Waals surface area (Å²) >= 11 is 5.67. The molecular weight excluding hydrogens is 386 g/mol. The Morgan fingerprint density at radius 2 is 1.75 bits per heavy atom. The summed E-state index contributed by atoms with van der Waals surface area (Å²) in [6.45, 7) is 5.72. The van der Waals surface area contributed by atoms with Gasteiger partial charge in [-0.1, -0.05) is 11.6 Å². The molecule has 8 heteroatoms. The second-order valence-corrected chi connectivity index (χ2v) is 7.03. The van der Waals surface area contributed by atoms with Crippen LogP contribution in [0.2, 0.25) is 5.02 Å². The van der Waals surface area contributed by atoms with Crippen LogP contribution in [0, 0.1) is 23.0 Å². The fourth-order valence-corrected chi connectivity index (χ4v) is 3.07. The number of halogens is 3. The first-order chi connectivity index (χ1) is 13.3. The third kappa shape index (κ3) is 3.69. The molecule has 0 bridgehead atoms. The Labute approximate surface area is 166 Å². The lowest BCUT2D eigenvalue weighted by Gasteiger charge is -2.26. The van der Waals surface area contributed by atoms with E-state index < -0.39 is 23.0 Å². The predicted octanol–water partition coefficient (Wildman–Crippen LogP) is 5.08. The van der Waals surface area contributed by atoms with Crippen LogP contribution in [0.25, 0.3) is 11.4 Å². The zero-order valence-electron chi connectivity index (χ0n) is 15.5. The highest BCUT2D eigenvalue weighted by molar-refractivity contribution is 6.30. The molecule has 2 aromatic carbocycles. The smallest absolute Gasteiger partial charge is 0.192 e. The summed E-state index contributed by atoms with van der Waals surface area (Å²) in [6.07, 6.45) is 0. The number of hydrogen-bond donors (Lipinski definition) is 0. The third-order valence-electron chi connectivity index (χ3n) is 4.20. The number of aromatic nitrogens is 3. The number of benzene rings is 2. The van der Waals surface area contributed by atoms with Gasteiger partial charge >= 0.3 is 0 Å². The molecule has 0 aliphatic carbocycles. The molecule has 5 nitrogen and oxygen atoms in total. The van der Waals surface area contributed by atoms with E-state index in [-0.39, 0.29) is 5.02 Å². The quantitative estimate of drug-likeness (QED) is 0.596. The van der Waals surface area contributed by atoms with E-state index in [1.807, 2.05) is 6.92 Å². The van der Waals surface area contributed by atoms with Crippen LogP contribution in [-0.4, -0.2) is 14.8 Å². The van der Waals surface area contributed by atoms with Gasteiger partial charge in [0.2, 0.25) is 0 Å². The molecule has 0 atom stereocenters. The first-order valence-electron chi connectivity index (χ1n) is 8.54. The van der Waals surface area contributed by atoms with E-state index in [1.165, 1.54) is 0 Å². The molecule has 3 rings (SSSR count). The molecule has 1 heterocycles. The third-order valence-corrected chi connectivity index (χ3v) is 4.42. The lowest BCUT2D eigenvalue weighted by atomic mass is 10.1. The number of nitrogens with zero attached hydrogens (tertiary/aromatic N) is 4. The van der Waals surface area contributed by atoms with E-state index in [4.69, 9.17) is 21.6 Å². The fraction of sp³-hybridized carbons (Fsp3) is 0.250. The maximum absolute atomic E-state index is 14.2. The number of ether oxygens (including phenoxy) is 1. The zero-order chi connectivity index (χ0) is 20.5. The van der Waals surface area contributed by atoms with Crippen LogP contribution in [0.3, 0.4) is 0 Å². The molecule has 0 amide bonds. The summed E-state index contributed by atoms with van der Waals surface area (Å²) in [5.74, 6) is -1.35. The maximum atomic E-state index is 14.2. The van der Waals surface area contributed by atoms with Gasteiger partial charge in [0.1, 0.15) is 0 Å². The highest BCUT2D eigenvalue weighted by Crippen LogP contribution is 2.33. The number of nitriles is 1. The van der Waals surface area contributed by atoms with Gasteiger partial charge in [0.15, 0.2) is 34.6 Å². The average molecular weight is 403 g/mol. The van der Waals surface area contributed by atoms with Crippen molar-refractivity contribution in [2.24, 2.45) is 0 Å². The minimum Gasteiger partial charge on any atom is -0.474 e. The van der Waals surface area contributed by atoms with Crippen LogP contribution in [-0.2, 0) is 12.1 Å². The standard InChI is InChI=1S/C20H17ClF2N4O/c1-4-27-18(13-7-5-12(11-24)6-8-13)25-26-19(27)20(2,3)28-17-15(22)9-14(21)10-16(17)23/h5-10H,4H2,1-3H3. The van der Waals surface area contributed by atoms with Crippen molar-refractivity contribution in [3.05, 3.63) is 64.4 Å². The summed E-state index contributed by atoms with van der Waals surface area (Å²) in [5, 5.41) is 17.3. The summed E-state index contributed by atoms with van der Waals surface area (Å²) in [4.78, 5) is 0. The summed E-state index contributed by atoms with van der Waals surface area (Å²) in [6, 6.07) is 10.9. The van der Waals surface area contributed by atoms with Crippen LogP contribution in [0.1, 0.15) is 32.2 Å². The van der Waals surface area contributed by atoms with Crippen molar-refractivity contribution in [1.29, 1.82) is 5.26 Å². The van der Waals surface area contributed by atoms with Crippen molar-refractivity contribution >= 4 is 11.6 Å². The van der Waals surface area contributed by atoms with Crippen LogP contribution in [0.4, 0.5) is 8.78 Å². The zero-order valence-corrected chi connectivity index (χ0v) is 16.3. The summed E-state index contributed by atoms with van der Waals surface area (Å²) < 4.78 is 35.8. The van der Waals surface area contributed by atoms with Crippen LogP contribution >= 0.6 is 11.6 Å². The van der Waals surface area contributed by atoms with Gasteiger partial charge in [0.25, 0.3) is 0 Å². The molecule has 28 heavy (non-hydrogen) atoms. The first-order valence-corrected chi connectivity index (χ1v) is 8.92. The van der Waals surface area contributed by atoms with E-state index in [1.54, 1.807) is 42.7 Å². The molecule has 0 unspecified atom stereocenters. The molecule has 0 radical (unpaired) electrons. The topological polar surface area (TPSA) is 63.7 Å². The van der Waals surface area contributed by atoms with Crippen LogP contribution in [0.15, 0.2) is 36.4 Å². The molecule has 0 spiro atoms. The second kappa shape index (κ2) is 7.56. The van der Waals surface area contributed by atoms with Gasteiger partial charge in [-0.3, -0.25) is 0 Å². The Kier molecular flexibility index (Phi) is 5.34. The molecule has 0 aliphatic rings. The summed E-state index contributed by atoms with van der Waals surface area (Å²) in [7, 11) is 0. The Morgan fingerprint density at radius 3 is 2.29 bits per heavy atom. The Balaban J connectivity index is 2.01. The van der Waals surface area contributed by atoms with Crippen molar-refractivity contribution in [2.45, 2.75) is 32.9 Å². The Morgan fingerprint density at radius 1 is 1.14 bits per heavy atom. The molecule has 1 aromatic heterocycles. The molecule has 0 fully saturated rings. The van der Waals surface area contributed by atoms with E-state index in [2.05, 4.69) is 16.3 Å². The van der Waals surface area contributed by atoms with Crippen LogP contribution in [0.5, 0.6) is 5.75 Å². The monoisotopic (exact) mass is 402 g/mol. The van der Waals surface area contributed by atoms with Gasteiger partial charge in [-0.15, -0.1) is 10.2 Å². The van der Waals surface area contributed by atoms with E-state index in [0.717, 1.165) is 17.7 Å². The molecule has 0 saturated carbocycles. The van der Waals surface area contributed by atoms with E-state index in [9.17, 15) is 8.78 Å². The van der Waals surface area contributed by atoms with E-state index >= 15 is 0 Å². The first kappa shape index (κ1) is 19.8. The Bertz CT molecular complexity index is 1030. The van der Waals surface area contributed by atoms with Crippen molar-refractivity contribution in [3.63, 3.8) is 0 Å². The predicted molar refractivity (Wildman–Crippen MR) is 101 cm³/mol. The van der Waals surface area contributed by atoms with Gasteiger partial charge in [0, 0.05) is 17.1 Å².